The quantitative estimate of drug-likeness (QED) is 0.649. The van der Waals surface area contributed by atoms with E-state index in [0.717, 1.165) is 0 Å². The summed E-state index contributed by atoms with van der Waals surface area (Å²) in [4.78, 5) is 0. The summed E-state index contributed by atoms with van der Waals surface area (Å²) >= 11 is 0. The summed E-state index contributed by atoms with van der Waals surface area (Å²) in [5.41, 5.74) is 0. The van der Waals surface area contributed by atoms with Crippen LogP contribution in [0.2, 0.25) is 0 Å². The summed E-state index contributed by atoms with van der Waals surface area (Å²) in [5, 5.41) is 0. The fraction of sp³-hybridized carbons (Fsp3) is 1.00. The molecule has 5 nitrogen and oxygen atoms in total. The van der Waals surface area contributed by atoms with Crippen LogP contribution in [0.4, 0.5) is 0 Å². The van der Waals surface area contributed by atoms with Crippen LogP contribution >= 0.6 is 7.82 Å². The van der Waals surface area contributed by atoms with Gasteiger partial charge in [0.15, 0.2) is 0 Å². The van der Waals surface area contributed by atoms with E-state index in [4.69, 9.17) is 0 Å². The van der Waals surface area contributed by atoms with Crippen LogP contribution in [-0.4, -0.2) is 20.8 Å². The first kappa shape index (κ1) is 12.7. The molecular formula is C4H14NO4P. The van der Waals surface area contributed by atoms with Crippen molar-refractivity contribution in [2.75, 3.05) is 20.8 Å². The zero-order valence-electron chi connectivity index (χ0n) is 6.49. The van der Waals surface area contributed by atoms with E-state index in [1.807, 2.05) is 0 Å². The molecule has 0 aromatic carbocycles. The summed E-state index contributed by atoms with van der Waals surface area (Å²) in [6.07, 6.45) is 0. The van der Waals surface area contributed by atoms with Crippen molar-refractivity contribution in [3.05, 3.63) is 0 Å². The molecule has 0 aliphatic carbocycles. The van der Waals surface area contributed by atoms with Crippen molar-refractivity contribution in [2.24, 2.45) is 0 Å². The average molecular weight is 171 g/mol. The Morgan fingerprint density at radius 1 is 1.30 bits per heavy atom. The molecule has 3 N–H and O–H groups in total. The third-order valence-corrected chi connectivity index (χ3v) is 2.20. The lowest BCUT2D eigenvalue weighted by Gasteiger charge is -2.10. The van der Waals surface area contributed by atoms with Gasteiger partial charge in [0.2, 0.25) is 0 Å². The Balaban J connectivity index is 0. The highest BCUT2D eigenvalue weighted by Crippen LogP contribution is 2.47. The summed E-state index contributed by atoms with van der Waals surface area (Å²) in [7, 11) is -0.626. The van der Waals surface area contributed by atoms with Gasteiger partial charge in [-0.05, 0) is 6.92 Å². The van der Waals surface area contributed by atoms with Gasteiger partial charge in [0.05, 0.1) is 6.61 Å². The molecule has 0 unspecified atom stereocenters. The number of rotatable bonds is 4. The zero-order chi connectivity index (χ0) is 7.33. The van der Waals surface area contributed by atoms with Gasteiger partial charge in [-0.2, -0.15) is 0 Å². The summed E-state index contributed by atoms with van der Waals surface area (Å²) in [6.45, 7) is 2.03. The molecule has 0 atom stereocenters. The second-order valence-electron chi connectivity index (χ2n) is 1.23. The summed E-state index contributed by atoms with van der Waals surface area (Å²) in [6, 6.07) is 0. The van der Waals surface area contributed by atoms with E-state index in [1.54, 1.807) is 6.92 Å². The summed E-state index contributed by atoms with van der Waals surface area (Å²) in [5.74, 6) is 0. The largest absolute Gasteiger partial charge is 0.474 e. The van der Waals surface area contributed by atoms with E-state index in [-0.39, 0.29) is 6.15 Å². The molecule has 10 heavy (non-hydrogen) atoms. The minimum Gasteiger partial charge on any atom is -0.344 e. The normalized spacial score (nSPS) is 10.7. The van der Waals surface area contributed by atoms with Crippen molar-refractivity contribution in [3.8, 4) is 0 Å². The number of hydrogen-bond donors (Lipinski definition) is 1. The lowest BCUT2D eigenvalue weighted by molar-refractivity contribution is 0.158. The lowest BCUT2D eigenvalue weighted by atomic mass is 10.9. The molecule has 64 valence electrons. The average Bonchev–Trinajstić information content (AvgIpc) is 1.89. The van der Waals surface area contributed by atoms with Crippen molar-refractivity contribution >= 4 is 7.82 Å². The van der Waals surface area contributed by atoms with Crippen LogP contribution in [-0.2, 0) is 18.1 Å². The van der Waals surface area contributed by atoms with Crippen LogP contribution in [0, 0.1) is 0 Å². The molecule has 0 heterocycles. The van der Waals surface area contributed by atoms with E-state index < -0.39 is 7.82 Å². The Labute approximate surface area is 60.9 Å². The Kier molecular flexibility index (Phi) is 7.41. The molecule has 0 aromatic heterocycles. The third kappa shape index (κ3) is 3.98. The van der Waals surface area contributed by atoms with Crippen molar-refractivity contribution < 1.29 is 18.1 Å². The van der Waals surface area contributed by atoms with E-state index in [2.05, 4.69) is 13.6 Å². The maximum atomic E-state index is 10.9. The maximum absolute atomic E-state index is 10.9. The van der Waals surface area contributed by atoms with Gasteiger partial charge in [0, 0.05) is 14.2 Å². The molecular weight excluding hydrogens is 157 g/mol. The minimum atomic E-state index is -3.18. The summed E-state index contributed by atoms with van der Waals surface area (Å²) < 4.78 is 24.4. The van der Waals surface area contributed by atoms with Crippen LogP contribution in [0.25, 0.3) is 0 Å². The van der Waals surface area contributed by atoms with Crippen molar-refractivity contribution in [1.82, 2.24) is 6.15 Å². The van der Waals surface area contributed by atoms with Crippen LogP contribution < -0.4 is 6.15 Å². The number of phosphoric acid groups is 1. The minimum absolute atomic E-state index is 0. The zero-order valence-corrected chi connectivity index (χ0v) is 7.39. The van der Waals surface area contributed by atoms with E-state index >= 15 is 0 Å². The highest BCUT2D eigenvalue weighted by molar-refractivity contribution is 7.48. The van der Waals surface area contributed by atoms with Gasteiger partial charge in [-0.1, -0.05) is 0 Å². The first-order valence-electron chi connectivity index (χ1n) is 2.54. The first-order valence-corrected chi connectivity index (χ1v) is 4.00. The van der Waals surface area contributed by atoms with Gasteiger partial charge in [-0.15, -0.1) is 0 Å². The standard InChI is InChI=1S/C4H11O4P.H3N/c1-4-8-9(5,6-2)7-3;/h4H2,1-3H3;1H3. The van der Waals surface area contributed by atoms with E-state index in [9.17, 15) is 4.57 Å². The molecule has 0 radical (unpaired) electrons. The highest BCUT2D eigenvalue weighted by Gasteiger charge is 2.20. The Morgan fingerprint density at radius 2 is 1.70 bits per heavy atom. The Hall–Kier alpha value is 0.0700. The third-order valence-electron chi connectivity index (χ3n) is 0.734. The van der Waals surface area contributed by atoms with Gasteiger partial charge in [0.1, 0.15) is 0 Å². The molecule has 6 heteroatoms. The van der Waals surface area contributed by atoms with Gasteiger partial charge in [-0.3, -0.25) is 13.6 Å². The van der Waals surface area contributed by atoms with Gasteiger partial charge >= 0.3 is 7.82 Å². The van der Waals surface area contributed by atoms with E-state index in [1.165, 1.54) is 14.2 Å². The fourth-order valence-electron chi connectivity index (χ4n) is 0.338. The topological polar surface area (TPSA) is 79.8 Å². The van der Waals surface area contributed by atoms with Crippen LogP contribution in [0.5, 0.6) is 0 Å². The monoisotopic (exact) mass is 171 g/mol. The smallest absolute Gasteiger partial charge is 0.344 e. The van der Waals surface area contributed by atoms with Crippen LogP contribution in [0.3, 0.4) is 0 Å². The predicted octanol–water partition coefficient (Wildman–Crippen LogP) is 1.59. The second-order valence-corrected chi connectivity index (χ2v) is 3.11. The SMILES string of the molecule is CCOP(=O)(OC)OC.N. The molecule has 0 rings (SSSR count). The Bertz CT molecular complexity index is 110. The molecule has 0 amide bonds. The van der Waals surface area contributed by atoms with Crippen LogP contribution in [0.15, 0.2) is 0 Å². The lowest BCUT2D eigenvalue weighted by Crippen LogP contribution is -1.93. The van der Waals surface area contributed by atoms with Crippen molar-refractivity contribution in [3.63, 3.8) is 0 Å². The second kappa shape index (κ2) is 5.82. The molecule has 0 aromatic rings. The van der Waals surface area contributed by atoms with Crippen LogP contribution in [0.1, 0.15) is 6.92 Å². The van der Waals surface area contributed by atoms with Crippen molar-refractivity contribution in [2.45, 2.75) is 6.92 Å². The Morgan fingerprint density at radius 3 is 1.80 bits per heavy atom. The molecule has 0 saturated heterocycles. The molecule has 0 aliphatic heterocycles. The molecule has 0 fully saturated rings. The molecule has 0 saturated carbocycles. The molecule has 0 aliphatic rings. The van der Waals surface area contributed by atoms with Gasteiger partial charge < -0.3 is 6.15 Å². The van der Waals surface area contributed by atoms with Gasteiger partial charge in [0.25, 0.3) is 0 Å². The predicted molar refractivity (Wildman–Crippen MR) is 38.3 cm³/mol. The van der Waals surface area contributed by atoms with Crippen molar-refractivity contribution in [1.29, 1.82) is 0 Å². The number of phosphoric ester groups is 1. The molecule has 0 bridgehead atoms. The van der Waals surface area contributed by atoms with E-state index in [0.29, 0.717) is 6.61 Å². The number of hydrogen-bond acceptors (Lipinski definition) is 5. The van der Waals surface area contributed by atoms with Gasteiger partial charge in [-0.25, -0.2) is 4.57 Å². The fourth-order valence-corrected chi connectivity index (χ4v) is 1.01. The maximum Gasteiger partial charge on any atom is 0.474 e. The highest BCUT2D eigenvalue weighted by atomic mass is 31.2. The molecule has 0 spiro atoms. The first-order chi connectivity index (χ1) is 4.18.